The van der Waals surface area contributed by atoms with Gasteiger partial charge in [-0.15, -0.1) is 0 Å². The van der Waals surface area contributed by atoms with Gasteiger partial charge in [0.15, 0.2) is 5.82 Å². The largest absolute Gasteiger partial charge is 0.435 e. The van der Waals surface area contributed by atoms with E-state index in [1.54, 1.807) is 18.3 Å². The van der Waals surface area contributed by atoms with Crippen LogP contribution in [0.3, 0.4) is 0 Å². The average Bonchev–Trinajstić information content (AvgIpc) is 2.40. The van der Waals surface area contributed by atoms with Gasteiger partial charge in [0.2, 0.25) is 0 Å². The molecule has 4 nitrogen and oxygen atoms in total. The maximum Gasteiger partial charge on any atom is 0.256 e. The number of halogens is 2. The molecule has 106 valence electrons. The first-order valence-corrected chi connectivity index (χ1v) is 7.00. The van der Waals surface area contributed by atoms with E-state index >= 15 is 0 Å². The van der Waals surface area contributed by atoms with E-state index < -0.39 is 5.82 Å². The van der Waals surface area contributed by atoms with E-state index in [0.29, 0.717) is 17.9 Å². The van der Waals surface area contributed by atoms with Gasteiger partial charge in [-0.05, 0) is 28.1 Å². The van der Waals surface area contributed by atoms with Gasteiger partial charge in [-0.25, -0.2) is 9.37 Å². The van der Waals surface area contributed by atoms with Gasteiger partial charge >= 0.3 is 0 Å². The highest BCUT2D eigenvalue weighted by Gasteiger charge is 2.12. The molecule has 0 aliphatic carbocycles. The van der Waals surface area contributed by atoms with Crippen molar-refractivity contribution in [1.29, 1.82) is 0 Å². The molecule has 6 heteroatoms. The molecule has 2 aromatic rings. The van der Waals surface area contributed by atoms with Crippen molar-refractivity contribution in [3.8, 4) is 11.6 Å². The molecule has 0 unspecified atom stereocenters. The third kappa shape index (κ3) is 3.98. The zero-order valence-electron chi connectivity index (χ0n) is 11.2. The summed E-state index contributed by atoms with van der Waals surface area (Å²) in [6, 6.07) is 3.62. The number of hydrogen-bond donors (Lipinski definition) is 1. The second kappa shape index (κ2) is 6.76. The molecule has 0 aromatic carbocycles. The number of aromatic nitrogens is 2. The standard InChI is InChI=1S/C14H15BrFN3O/c1-9(2)19-6-10-3-4-18-14(13(10)16)20-12-5-11(15)7-17-8-12/h3-5,7-9,19H,6H2,1-2H3. The molecule has 0 amide bonds. The zero-order chi connectivity index (χ0) is 14.5. The number of nitrogens with one attached hydrogen (secondary N) is 1. The Hall–Kier alpha value is -1.53. The van der Waals surface area contributed by atoms with Gasteiger partial charge in [0.1, 0.15) is 5.75 Å². The number of ether oxygens (including phenoxy) is 1. The molecule has 1 N–H and O–H groups in total. The summed E-state index contributed by atoms with van der Waals surface area (Å²) in [4.78, 5) is 7.88. The minimum atomic E-state index is -0.458. The molecule has 0 saturated heterocycles. The van der Waals surface area contributed by atoms with E-state index in [1.165, 1.54) is 12.4 Å². The third-order valence-corrected chi connectivity index (χ3v) is 2.97. The lowest BCUT2D eigenvalue weighted by molar-refractivity contribution is 0.414. The Labute approximate surface area is 125 Å². The summed E-state index contributed by atoms with van der Waals surface area (Å²) in [6.45, 7) is 4.44. The van der Waals surface area contributed by atoms with Crippen molar-refractivity contribution in [2.24, 2.45) is 0 Å². The van der Waals surface area contributed by atoms with Crippen LogP contribution in [0.25, 0.3) is 0 Å². The van der Waals surface area contributed by atoms with Crippen LogP contribution in [0, 0.1) is 5.82 Å². The molecule has 0 bridgehead atoms. The van der Waals surface area contributed by atoms with Crippen LogP contribution in [-0.2, 0) is 6.54 Å². The van der Waals surface area contributed by atoms with E-state index in [1.807, 2.05) is 13.8 Å². The summed E-state index contributed by atoms with van der Waals surface area (Å²) in [6.07, 6.45) is 4.66. The molecule has 0 fully saturated rings. The predicted molar refractivity (Wildman–Crippen MR) is 78.2 cm³/mol. The van der Waals surface area contributed by atoms with Crippen molar-refractivity contribution >= 4 is 15.9 Å². The van der Waals surface area contributed by atoms with Gasteiger partial charge in [-0.3, -0.25) is 4.98 Å². The second-order valence-corrected chi connectivity index (χ2v) is 5.48. The van der Waals surface area contributed by atoms with Crippen LogP contribution in [0.2, 0.25) is 0 Å². The van der Waals surface area contributed by atoms with Crippen molar-refractivity contribution in [2.45, 2.75) is 26.4 Å². The molecule has 20 heavy (non-hydrogen) atoms. The minimum Gasteiger partial charge on any atom is -0.435 e. The van der Waals surface area contributed by atoms with Gasteiger partial charge in [-0.1, -0.05) is 13.8 Å². The SMILES string of the molecule is CC(C)NCc1ccnc(Oc2cncc(Br)c2)c1F. The zero-order valence-corrected chi connectivity index (χ0v) is 12.8. The van der Waals surface area contributed by atoms with E-state index in [2.05, 4.69) is 31.2 Å². The summed E-state index contributed by atoms with van der Waals surface area (Å²) in [5.41, 5.74) is 0.520. The average molecular weight is 340 g/mol. The Balaban J connectivity index is 2.18. The smallest absolute Gasteiger partial charge is 0.256 e. The van der Waals surface area contributed by atoms with Crippen LogP contribution in [0.15, 0.2) is 35.2 Å². The summed E-state index contributed by atoms with van der Waals surface area (Å²) >= 11 is 3.28. The van der Waals surface area contributed by atoms with Crippen LogP contribution in [0.1, 0.15) is 19.4 Å². The molecule has 2 heterocycles. The molecule has 2 rings (SSSR count). The Morgan fingerprint density at radius 3 is 2.90 bits per heavy atom. The predicted octanol–water partition coefficient (Wildman–Crippen LogP) is 3.67. The van der Waals surface area contributed by atoms with Gasteiger partial charge in [0.05, 0.1) is 6.20 Å². The summed E-state index contributed by atoms with van der Waals surface area (Å²) in [5.74, 6) is -0.0756. The number of hydrogen-bond acceptors (Lipinski definition) is 4. The van der Waals surface area contributed by atoms with Gasteiger partial charge in [0.25, 0.3) is 5.88 Å². The van der Waals surface area contributed by atoms with Crippen LogP contribution < -0.4 is 10.1 Å². The second-order valence-electron chi connectivity index (χ2n) is 4.57. The molecule has 2 aromatic heterocycles. The van der Waals surface area contributed by atoms with Crippen molar-refractivity contribution in [1.82, 2.24) is 15.3 Å². The van der Waals surface area contributed by atoms with Gasteiger partial charge in [0, 0.05) is 35.0 Å². The fraction of sp³-hybridized carbons (Fsp3) is 0.286. The Kier molecular flexibility index (Phi) is 5.03. The van der Waals surface area contributed by atoms with Crippen LogP contribution in [0.4, 0.5) is 4.39 Å². The normalized spacial score (nSPS) is 10.8. The highest BCUT2D eigenvalue weighted by atomic mass is 79.9. The first kappa shape index (κ1) is 14.9. The Morgan fingerprint density at radius 1 is 1.40 bits per heavy atom. The quantitative estimate of drug-likeness (QED) is 0.902. The highest BCUT2D eigenvalue weighted by molar-refractivity contribution is 9.10. The minimum absolute atomic E-state index is 0.0482. The number of rotatable bonds is 5. The lowest BCUT2D eigenvalue weighted by Crippen LogP contribution is -2.22. The van der Waals surface area contributed by atoms with Crippen molar-refractivity contribution in [3.63, 3.8) is 0 Å². The number of nitrogens with zero attached hydrogens (tertiary/aromatic N) is 2. The molecular weight excluding hydrogens is 325 g/mol. The van der Waals surface area contributed by atoms with E-state index in [0.717, 1.165) is 4.47 Å². The maximum absolute atomic E-state index is 14.2. The summed E-state index contributed by atoms with van der Waals surface area (Å²) in [7, 11) is 0. The molecule has 0 spiro atoms. The summed E-state index contributed by atoms with van der Waals surface area (Å²) in [5, 5.41) is 3.16. The van der Waals surface area contributed by atoms with Gasteiger partial charge < -0.3 is 10.1 Å². The molecule has 0 radical (unpaired) electrons. The first-order valence-electron chi connectivity index (χ1n) is 6.21. The monoisotopic (exact) mass is 339 g/mol. The van der Waals surface area contributed by atoms with Gasteiger partial charge in [-0.2, -0.15) is 0 Å². The van der Waals surface area contributed by atoms with E-state index in [-0.39, 0.29) is 11.9 Å². The van der Waals surface area contributed by atoms with E-state index in [9.17, 15) is 4.39 Å². The molecule has 0 aliphatic rings. The molecule has 0 atom stereocenters. The van der Waals surface area contributed by atoms with E-state index in [4.69, 9.17) is 4.74 Å². The highest BCUT2D eigenvalue weighted by Crippen LogP contribution is 2.25. The maximum atomic E-state index is 14.2. The van der Waals surface area contributed by atoms with Crippen LogP contribution >= 0.6 is 15.9 Å². The summed E-state index contributed by atoms with van der Waals surface area (Å²) < 4.78 is 20.4. The van der Waals surface area contributed by atoms with Crippen molar-refractivity contribution in [3.05, 3.63) is 46.6 Å². The van der Waals surface area contributed by atoms with Crippen LogP contribution in [0.5, 0.6) is 11.6 Å². The first-order chi connectivity index (χ1) is 9.56. The van der Waals surface area contributed by atoms with Crippen molar-refractivity contribution < 1.29 is 9.13 Å². The molecule has 0 saturated carbocycles. The molecular formula is C14H15BrFN3O. The van der Waals surface area contributed by atoms with Crippen molar-refractivity contribution in [2.75, 3.05) is 0 Å². The number of pyridine rings is 2. The third-order valence-electron chi connectivity index (χ3n) is 2.53. The van der Waals surface area contributed by atoms with Crippen LogP contribution in [-0.4, -0.2) is 16.0 Å². The fourth-order valence-electron chi connectivity index (χ4n) is 1.54. The topological polar surface area (TPSA) is 47.0 Å². The Bertz CT molecular complexity index is 592. The fourth-order valence-corrected chi connectivity index (χ4v) is 1.89. The Morgan fingerprint density at radius 2 is 2.20 bits per heavy atom. The lowest BCUT2D eigenvalue weighted by atomic mass is 10.2. The lowest BCUT2D eigenvalue weighted by Gasteiger charge is -2.11. The molecule has 0 aliphatic heterocycles.